The number of nitrogens with zero attached hydrogens (tertiary/aromatic N) is 5. The Morgan fingerprint density at radius 1 is 1.03 bits per heavy atom. The van der Waals surface area contributed by atoms with Gasteiger partial charge < -0.3 is 19.4 Å². The number of fused-ring (bicyclic) bond motifs is 1. The smallest absolute Gasteiger partial charge is 0.325 e. The van der Waals surface area contributed by atoms with Gasteiger partial charge in [0.15, 0.2) is 0 Å². The molecule has 0 amide bonds. The highest BCUT2D eigenvalue weighted by atomic mass is 16.5. The fraction of sp³-hybridized carbons (Fsp3) is 0.321. The van der Waals surface area contributed by atoms with Gasteiger partial charge in [0.2, 0.25) is 5.88 Å². The van der Waals surface area contributed by atoms with Crippen LogP contribution >= 0.6 is 0 Å². The van der Waals surface area contributed by atoms with Crippen molar-refractivity contribution in [2.24, 2.45) is 0 Å². The quantitative estimate of drug-likeness (QED) is 0.389. The fourth-order valence-corrected chi connectivity index (χ4v) is 4.67. The molecule has 8 nitrogen and oxygen atoms in total. The lowest BCUT2D eigenvalue weighted by Gasteiger charge is -2.36. The van der Waals surface area contributed by atoms with Crippen LogP contribution < -0.4 is 14.4 Å². The number of benzene rings is 2. The van der Waals surface area contributed by atoms with Crippen LogP contribution in [0.3, 0.4) is 0 Å². The maximum Gasteiger partial charge on any atom is 0.325 e. The molecular weight excluding hydrogens is 452 g/mol. The van der Waals surface area contributed by atoms with E-state index in [1.165, 1.54) is 16.6 Å². The number of hydrogen-bond acceptors (Lipinski definition) is 7. The van der Waals surface area contributed by atoms with Gasteiger partial charge >= 0.3 is 6.01 Å². The van der Waals surface area contributed by atoms with E-state index in [1.54, 1.807) is 13.2 Å². The molecule has 1 aliphatic heterocycles. The Morgan fingerprint density at radius 3 is 2.58 bits per heavy atom. The van der Waals surface area contributed by atoms with Crippen molar-refractivity contribution in [1.29, 1.82) is 5.26 Å². The minimum Gasteiger partial charge on any atom is -0.481 e. The summed E-state index contributed by atoms with van der Waals surface area (Å²) in [7, 11) is 1.58. The number of aromatic nitrogens is 3. The van der Waals surface area contributed by atoms with Crippen LogP contribution in [0.4, 0.5) is 5.69 Å². The molecule has 2 aromatic heterocycles. The maximum atomic E-state index is 9.19. The molecule has 0 aliphatic carbocycles. The van der Waals surface area contributed by atoms with Crippen LogP contribution in [0, 0.1) is 18.3 Å². The van der Waals surface area contributed by atoms with E-state index in [4.69, 9.17) is 9.47 Å². The van der Waals surface area contributed by atoms with Gasteiger partial charge in [-0.25, -0.2) is 0 Å². The van der Waals surface area contributed by atoms with E-state index in [-0.39, 0.29) is 6.01 Å². The molecule has 2 aromatic carbocycles. The van der Waals surface area contributed by atoms with Crippen LogP contribution in [0.1, 0.15) is 23.2 Å². The Labute approximate surface area is 211 Å². The molecule has 184 valence electrons. The second-order valence-corrected chi connectivity index (χ2v) is 9.05. The Hall–Kier alpha value is -4.09. The molecule has 0 spiro atoms. The van der Waals surface area contributed by atoms with E-state index in [0.717, 1.165) is 56.8 Å². The summed E-state index contributed by atoms with van der Waals surface area (Å²) in [6.45, 7) is 7.04. The number of H-pyrrole nitrogens is 1. The molecule has 0 bridgehead atoms. The second-order valence-electron chi connectivity index (χ2n) is 9.05. The third-order valence-electron chi connectivity index (χ3n) is 6.62. The Kier molecular flexibility index (Phi) is 7.01. The van der Waals surface area contributed by atoms with E-state index >= 15 is 0 Å². The first kappa shape index (κ1) is 23.6. The number of aryl methyl sites for hydroxylation is 2. The zero-order chi connectivity index (χ0) is 24.9. The van der Waals surface area contributed by atoms with Gasteiger partial charge in [-0.2, -0.15) is 15.2 Å². The average Bonchev–Trinajstić information content (AvgIpc) is 3.31. The van der Waals surface area contributed by atoms with Gasteiger partial charge in [0.1, 0.15) is 5.75 Å². The van der Waals surface area contributed by atoms with Gasteiger partial charge in [0.25, 0.3) is 0 Å². The maximum absolute atomic E-state index is 9.19. The number of nitriles is 1. The standard InChI is InChI=1S/C28H30N6O2/c1-20-16-27(35-2)32-28(31-20)36-24-8-6-23(7-9-24)34-14-12-33(13-15-34)11-3-4-22-19-30-26-10-5-21(18-29)17-25(22)26/h5-10,16-17,19,30H,3-4,11-15H2,1-2H3. The Morgan fingerprint density at radius 2 is 1.83 bits per heavy atom. The molecule has 5 rings (SSSR count). The van der Waals surface area contributed by atoms with Crippen LogP contribution in [-0.4, -0.2) is 59.7 Å². The van der Waals surface area contributed by atoms with Crippen LogP contribution in [0.25, 0.3) is 10.9 Å². The number of nitrogens with one attached hydrogen (secondary N) is 1. The molecule has 36 heavy (non-hydrogen) atoms. The molecule has 8 heteroatoms. The second kappa shape index (κ2) is 10.7. The highest BCUT2D eigenvalue weighted by Gasteiger charge is 2.17. The van der Waals surface area contributed by atoms with Crippen molar-refractivity contribution in [3.63, 3.8) is 0 Å². The summed E-state index contributed by atoms with van der Waals surface area (Å²) in [6.07, 6.45) is 4.19. The van der Waals surface area contributed by atoms with Gasteiger partial charge in [-0.3, -0.25) is 4.90 Å². The molecule has 0 unspecified atom stereocenters. The number of ether oxygens (including phenoxy) is 2. The normalized spacial score (nSPS) is 14.1. The Balaban J connectivity index is 1.10. The highest BCUT2D eigenvalue weighted by Crippen LogP contribution is 2.25. The number of methoxy groups -OCH3 is 1. The van der Waals surface area contributed by atoms with Crippen molar-refractivity contribution in [2.75, 3.05) is 44.7 Å². The summed E-state index contributed by atoms with van der Waals surface area (Å²) in [5.41, 5.74) is 5.08. The third-order valence-corrected chi connectivity index (χ3v) is 6.62. The van der Waals surface area contributed by atoms with Crippen LogP contribution in [0.15, 0.2) is 54.7 Å². The monoisotopic (exact) mass is 482 g/mol. The first-order chi connectivity index (χ1) is 17.6. The lowest BCUT2D eigenvalue weighted by Crippen LogP contribution is -2.46. The summed E-state index contributed by atoms with van der Waals surface area (Å²) in [5.74, 6) is 1.19. The van der Waals surface area contributed by atoms with E-state index in [0.29, 0.717) is 17.2 Å². The molecule has 3 heterocycles. The van der Waals surface area contributed by atoms with Gasteiger partial charge in [0, 0.05) is 60.7 Å². The summed E-state index contributed by atoms with van der Waals surface area (Å²) < 4.78 is 11.0. The zero-order valence-electron chi connectivity index (χ0n) is 20.7. The number of anilines is 1. The molecule has 1 fully saturated rings. The van der Waals surface area contributed by atoms with Crippen LogP contribution in [0.2, 0.25) is 0 Å². The van der Waals surface area contributed by atoms with Gasteiger partial charge in [-0.05, 0) is 74.3 Å². The van der Waals surface area contributed by atoms with Crippen molar-refractivity contribution >= 4 is 16.6 Å². The lowest BCUT2D eigenvalue weighted by atomic mass is 10.1. The number of piperazine rings is 1. The molecular formula is C28H30N6O2. The van der Waals surface area contributed by atoms with Gasteiger partial charge in [0.05, 0.1) is 18.7 Å². The molecule has 1 aliphatic rings. The molecule has 0 saturated carbocycles. The number of aromatic amines is 1. The fourth-order valence-electron chi connectivity index (χ4n) is 4.67. The first-order valence-electron chi connectivity index (χ1n) is 12.3. The van der Waals surface area contributed by atoms with Crippen molar-refractivity contribution in [3.05, 3.63) is 71.5 Å². The summed E-state index contributed by atoms with van der Waals surface area (Å²) >= 11 is 0. The summed E-state index contributed by atoms with van der Waals surface area (Å²) in [5, 5.41) is 10.4. The van der Waals surface area contributed by atoms with Crippen molar-refractivity contribution < 1.29 is 9.47 Å². The van der Waals surface area contributed by atoms with Crippen LogP contribution in [-0.2, 0) is 6.42 Å². The lowest BCUT2D eigenvalue weighted by molar-refractivity contribution is 0.255. The van der Waals surface area contributed by atoms with Crippen molar-refractivity contribution in [1.82, 2.24) is 19.9 Å². The minimum absolute atomic E-state index is 0.284. The topological polar surface area (TPSA) is 90.3 Å². The van der Waals surface area contributed by atoms with E-state index in [9.17, 15) is 5.26 Å². The minimum atomic E-state index is 0.284. The van der Waals surface area contributed by atoms with E-state index in [1.807, 2.05) is 37.3 Å². The first-order valence-corrected chi connectivity index (χ1v) is 12.3. The third kappa shape index (κ3) is 5.42. The molecule has 1 N–H and O–H groups in total. The van der Waals surface area contributed by atoms with Gasteiger partial charge in [-0.15, -0.1) is 0 Å². The van der Waals surface area contributed by atoms with Crippen molar-refractivity contribution in [3.8, 4) is 23.7 Å². The summed E-state index contributed by atoms with van der Waals surface area (Å²) in [4.78, 5) is 16.8. The number of rotatable bonds is 8. The SMILES string of the molecule is COc1cc(C)nc(Oc2ccc(N3CCN(CCCc4c[nH]c5ccc(C#N)cc45)CC3)cc2)n1. The van der Waals surface area contributed by atoms with E-state index in [2.05, 4.69) is 49.2 Å². The average molecular weight is 483 g/mol. The number of hydrogen-bond donors (Lipinski definition) is 1. The largest absolute Gasteiger partial charge is 0.481 e. The van der Waals surface area contributed by atoms with E-state index < -0.39 is 0 Å². The highest BCUT2D eigenvalue weighted by molar-refractivity contribution is 5.84. The Bertz CT molecular complexity index is 1370. The molecule has 1 saturated heterocycles. The van der Waals surface area contributed by atoms with Gasteiger partial charge in [-0.1, -0.05) is 0 Å². The van der Waals surface area contributed by atoms with Crippen molar-refractivity contribution in [2.45, 2.75) is 19.8 Å². The molecule has 0 radical (unpaired) electrons. The summed E-state index contributed by atoms with van der Waals surface area (Å²) in [6, 6.07) is 18.2. The zero-order valence-corrected chi connectivity index (χ0v) is 20.7. The molecule has 0 atom stereocenters. The van der Waals surface area contributed by atoms with Crippen LogP contribution in [0.5, 0.6) is 17.6 Å². The predicted octanol–water partition coefficient (Wildman–Crippen LogP) is 4.69. The predicted molar refractivity (Wildman–Crippen MR) is 140 cm³/mol. The molecule has 4 aromatic rings.